The highest BCUT2D eigenvalue weighted by Crippen LogP contribution is 2.33. The number of amides is 1. The van der Waals surface area contributed by atoms with E-state index in [1.165, 1.54) is 23.9 Å². The Kier molecular flexibility index (Phi) is 5.69. The van der Waals surface area contributed by atoms with Gasteiger partial charge in [-0.15, -0.1) is 0 Å². The first-order chi connectivity index (χ1) is 14.9. The summed E-state index contributed by atoms with van der Waals surface area (Å²) in [6.45, 7) is 5.94. The van der Waals surface area contributed by atoms with E-state index in [1.807, 2.05) is 55.7 Å². The van der Waals surface area contributed by atoms with Gasteiger partial charge in [0.05, 0.1) is 12.0 Å². The first kappa shape index (κ1) is 20.9. The normalized spacial score (nSPS) is 16.2. The van der Waals surface area contributed by atoms with E-state index >= 15 is 0 Å². The molecule has 0 atom stereocenters. The molecule has 158 valence electrons. The maximum Gasteiger partial charge on any atom is 0.264 e. The summed E-state index contributed by atoms with van der Waals surface area (Å²) in [5, 5.41) is 3.33. The number of aryl methyl sites for hydroxylation is 2. The number of ether oxygens (including phenoxy) is 1. The van der Waals surface area contributed by atoms with Crippen LogP contribution in [0.1, 0.15) is 22.5 Å². The molecule has 1 saturated heterocycles. The number of methoxy groups -OCH3 is 1. The lowest BCUT2D eigenvalue weighted by molar-refractivity contribution is -0.115. The fourth-order valence-corrected chi connectivity index (χ4v) is 4.37. The zero-order valence-corrected chi connectivity index (χ0v) is 18.5. The third-order valence-corrected chi connectivity index (χ3v) is 5.96. The maximum atomic E-state index is 13.3. The average molecular weight is 436 g/mol. The van der Waals surface area contributed by atoms with Crippen LogP contribution in [0.4, 0.5) is 10.1 Å². The fraction of sp³-hybridized carbons (Fsp3) is 0.167. The van der Waals surface area contributed by atoms with Crippen molar-refractivity contribution in [3.63, 3.8) is 0 Å². The summed E-state index contributed by atoms with van der Waals surface area (Å²) >= 11 is 1.29. The molecule has 2 aromatic carbocycles. The standard InChI is InChI=1S/C24H22FN3O2S/c1-14-5-10-21(30-4)20(11-14)26-24-27-23(29)22(31-24)13-17-12-15(2)28(16(17)3)19-8-6-18(25)7-9-19/h5-13H,1-4H3,(H,26,27,29)/b22-13-. The van der Waals surface area contributed by atoms with Gasteiger partial charge in [0.25, 0.3) is 5.91 Å². The minimum absolute atomic E-state index is 0.193. The van der Waals surface area contributed by atoms with Gasteiger partial charge in [-0.3, -0.25) is 4.79 Å². The van der Waals surface area contributed by atoms with Crippen molar-refractivity contribution in [2.24, 2.45) is 4.99 Å². The summed E-state index contributed by atoms with van der Waals surface area (Å²) in [6.07, 6.45) is 1.86. The van der Waals surface area contributed by atoms with Crippen molar-refractivity contribution in [3.05, 3.63) is 81.8 Å². The van der Waals surface area contributed by atoms with Gasteiger partial charge in [0.15, 0.2) is 5.17 Å². The molecule has 1 amide bonds. The van der Waals surface area contributed by atoms with Crippen LogP contribution < -0.4 is 10.1 Å². The minimum Gasteiger partial charge on any atom is -0.494 e. The lowest BCUT2D eigenvalue weighted by atomic mass is 10.2. The minimum atomic E-state index is -0.273. The van der Waals surface area contributed by atoms with E-state index in [2.05, 4.69) is 10.3 Å². The molecule has 2 heterocycles. The monoisotopic (exact) mass is 435 g/mol. The van der Waals surface area contributed by atoms with E-state index in [0.717, 1.165) is 28.2 Å². The SMILES string of the molecule is COc1ccc(C)cc1N=C1NC(=O)/C(=C/c2cc(C)n(-c3ccc(F)cc3)c2C)S1. The smallest absolute Gasteiger partial charge is 0.264 e. The topological polar surface area (TPSA) is 55.6 Å². The molecule has 3 aromatic rings. The summed E-state index contributed by atoms with van der Waals surface area (Å²) in [5.41, 5.74) is 5.49. The Labute approximate surface area is 184 Å². The lowest BCUT2D eigenvalue weighted by Crippen LogP contribution is -2.19. The summed E-state index contributed by atoms with van der Waals surface area (Å²) in [6, 6.07) is 14.1. The number of nitrogens with one attached hydrogen (secondary N) is 1. The number of rotatable bonds is 4. The van der Waals surface area contributed by atoms with Crippen LogP contribution in [0.3, 0.4) is 0 Å². The molecule has 0 bridgehead atoms. The number of aromatic nitrogens is 1. The summed E-state index contributed by atoms with van der Waals surface area (Å²) < 4.78 is 20.7. The zero-order valence-electron chi connectivity index (χ0n) is 17.7. The van der Waals surface area contributed by atoms with E-state index in [4.69, 9.17) is 4.74 Å². The Balaban J connectivity index is 1.65. The Morgan fingerprint density at radius 3 is 2.55 bits per heavy atom. The molecule has 1 aliphatic heterocycles. The molecule has 5 nitrogen and oxygen atoms in total. The maximum absolute atomic E-state index is 13.3. The molecule has 1 aromatic heterocycles. The quantitative estimate of drug-likeness (QED) is 0.555. The van der Waals surface area contributed by atoms with Gasteiger partial charge in [-0.1, -0.05) is 6.07 Å². The molecule has 0 unspecified atom stereocenters. The Morgan fingerprint density at radius 2 is 1.84 bits per heavy atom. The van der Waals surface area contributed by atoms with Gasteiger partial charge < -0.3 is 14.6 Å². The number of thioether (sulfide) groups is 1. The second-order valence-corrected chi connectivity index (χ2v) is 8.33. The van der Waals surface area contributed by atoms with Gasteiger partial charge >= 0.3 is 0 Å². The van der Waals surface area contributed by atoms with Crippen LogP contribution >= 0.6 is 11.8 Å². The molecule has 7 heteroatoms. The number of hydrogen-bond donors (Lipinski definition) is 1. The number of hydrogen-bond acceptors (Lipinski definition) is 4. The molecule has 1 fully saturated rings. The number of benzene rings is 2. The molecular weight excluding hydrogens is 413 g/mol. The zero-order chi connectivity index (χ0) is 22.1. The first-order valence-electron chi connectivity index (χ1n) is 9.75. The molecule has 31 heavy (non-hydrogen) atoms. The van der Waals surface area contributed by atoms with Crippen molar-refractivity contribution in [2.45, 2.75) is 20.8 Å². The molecule has 0 spiro atoms. The summed E-state index contributed by atoms with van der Waals surface area (Å²) in [5.74, 6) is 0.180. The highest BCUT2D eigenvalue weighted by molar-refractivity contribution is 8.18. The molecule has 0 radical (unpaired) electrons. The second kappa shape index (κ2) is 8.43. The van der Waals surface area contributed by atoms with E-state index in [-0.39, 0.29) is 11.7 Å². The van der Waals surface area contributed by atoms with Crippen LogP contribution in [0.25, 0.3) is 11.8 Å². The van der Waals surface area contributed by atoms with Gasteiger partial charge in [-0.2, -0.15) is 0 Å². The van der Waals surface area contributed by atoms with E-state index < -0.39 is 0 Å². The fourth-order valence-electron chi connectivity index (χ4n) is 3.54. The first-order valence-corrected chi connectivity index (χ1v) is 10.6. The molecule has 0 aliphatic carbocycles. The Morgan fingerprint density at radius 1 is 1.10 bits per heavy atom. The molecule has 1 N–H and O–H groups in total. The third kappa shape index (κ3) is 4.27. The van der Waals surface area contributed by atoms with Crippen molar-refractivity contribution in [2.75, 3.05) is 7.11 Å². The number of nitrogens with zero attached hydrogens (tertiary/aromatic N) is 2. The van der Waals surface area contributed by atoms with Gasteiger partial charge in [0.2, 0.25) is 0 Å². The number of aliphatic imine (C=N–C) groups is 1. The number of amidine groups is 1. The van der Waals surface area contributed by atoms with Crippen molar-refractivity contribution >= 4 is 34.6 Å². The second-order valence-electron chi connectivity index (χ2n) is 7.30. The highest BCUT2D eigenvalue weighted by Gasteiger charge is 2.25. The predicted octanol–water partition coefficient (Wildman–Crippen LogP) is 5.44. The largest absolute Gasteiger partial charge is 0.494 e. The lowest BCUT2D eigenvalue weighted by Gasteiger charge is -2.09. The van der Waals surface area contributed by atoms with Gasteiger partial charge in [0.1, 0.15) is 17.3 Å². The number of halogens is 1. The van der Waals surface area contributed by atoms with E-state index in [9.17, 15) is 9.18 Å². The average Bonchev–Trinajstić information content (AvgIpc) is 3.21. The van der Waals surface area contributed by atoms with Crippen LogP contribution in [-0.2, 0) is 4.79 Å². The molecule has 1 aliphatic rings. The van der Waals surface area contributed by atoms with E-state index in [1.54, 1.807) is 19.2 Å². The van der Waals surface area contributed by atoms with Crippen LogP contribution in [0.15, 0.2) is 58.4 Å². The predicted molar refractivity (Wildman–Crippen MR) is 124 cm³/mol. The molecule has 0 saturated carbocycles. The summed E-state index contributed by atoms with van der Waals surface area (Å²) in [4.78, 5) is 17.7. The Hall–Kier alpha value is -3.32. The molecule has 4 rings (SSSR count). The van der Waals surface area contributed by atoms with Crippen molar-refractivity contribution < 1.29 is 13.9 Å². The third-order valence-electron chi connectivity index (χ3n) is 5.05. The van der Waals surface area contributed by atoms with Crippen molar-refractivity contribution in [3.8, 4) is 11.4 Å². The molecular formula is C24H22FN3O2S. The van der Waals surface area contributed by atoms with E-state index in [0.29, 0.717) is 21.5 Å². The number of carbonyl (C=O) groups excluding carboxylic acids is 1. The van der Waals surface area contributed by atoms with Gasteiger partial charge in [-0.25, -0.2) is 9.38 Å². The van der Waals surface area contributed by atoms with Crippen LogP contribution in [0, 0.1) is 26.6 Å². The van der Waals surface area contributed by atoms with Gasteiger partial charge in [-0.05, 0) is 92.2 Å². The van der Waals surface area contributed by atoms with Crippen LogP contribution in [-0.4, -0.2) is 22.8 Å². The van der Waals surface area contributed by atoms with Crippen molar-refractivity contribution in [1.82, 2.24) is 9.88 Å². The summed E-state index contributed by atoms with van der Waals surface area (Å²) in [7, 11) is 1.59. The highest BCUT2D eigenvalue weighted by atomic mass is 32.2. The number of carbonyl (C=O) groups is 1. The van der Waals surface area contributed by atoms with Crippen molar-refractivity contribution in [1.29, 1.82) is 0 Å². The van der Waals surface area contributed by atoms with Gasteiger partial charge in [0, 0.05) is 17.1 Å². The van der Waals surface area contributed by atoms with Crippen LogP contribution in [0.5, 0.6) is 5.75 Å². The Bertz CT molecular complexity index is 1230. The van der Waals surface area contributed by atoms with Crippen LogP contribution in [0.2, 0.25) is 0 Å².